The molecule has 86 valence electrons. The molecule has 0 aliphatic heterocycles. The molecular weight excluding hydrogens is 206 g/mol. The first-order valence-corrected chi connectivity index (χ1v) is 5.33. The van der Waals surface area contributed by atoms with E-state index in [9.17, 15) is 0 Å². The van der Waals surface area contributed by atoms with Crippen LogP contribution in [0.25, 0.3) is 0 Å². The fourth-order valence-corrected chi connectivity index (χ4v) is 1.49. The van der Waals surface area contributed by atoms with Crippen molar-refractivity contribution in [3.8, 4) is 0 Å². The Bertz CT molecular complexity index is 448. The average Bonchev–Trinajstić information content (AvgIpc) is 2.89. The van der Waals surface area contributed by atoms with Crippen LogP contribution in [0.5, 0.6) is 0 Å². The fraction of sp³-hybridized carbons (Fsp3) is 0.500. The molecule has 6 nitrogen and oxygen atoms in total. The van der Waals surface area contributed by atoms with Crippen LogP contribution >= 0.6 is 0 Å². The topological polar surface area (TPSA) is 68.8 Å². The maximum atomic E-state index is 8.76. The van der Waals surface area contributed by atoms with E-state index in [1.54, 1.807) is 4.68 Å². The molecule has 2 rings (SSSR count). The summed E-state index contributed by atoms with van der Waals surface area (Å²) in [5.41, 5.74) is 1.91. The summed E-state index contributed by atoms with van der Waals surface area (Å²) in [6.07, 6.45) is 6.22. The highest BCUT2D eigenvalue weighted by Gasteiger charge is 2.02. The number of nitrogens with zero attached hydrogens (tertiary/aromatic N) is 5. The Kier molecular flexibility index (Phi) is 3.31. The van der Waals surface area contributed by atoms with Crippen molar-refractivity contribution in [1.82, 2.24) is 24.8 Å². The number of hydrogen-bond acceptors (Lipinski definition) is 4. The van der Waals surface area contributed by atoms with Crippen LogP contribution in [0.2, 0.25) is 0 Å². The largest absolute Gasteiger partial charge is 0.396 e. The van der Waals surface area contributed by atoms with Gasteiger partial charge in [0.25, 0.3) is 0 Å². The van der Waals surface area contributed by atoms with Crippen molar-refractivity contribution in [2.45, 2.75) is 26.4 Å². The van der Waals surface area contributed by atoms with Gasteiger partial charge in [-0.3, -0.25) is 4.68 Å². The van der Waals surface area contributed by atoms with Crippen LogP contribution in [0.15, 0.2) is 18.6 Å². The van der Waals surface area contributed by atoms with Crippen LogP contribution in [0.1, 0.15) is 18.2 Å². The summed E-state index contributed by atoms with van der Waals surface area (Å²) >= 11 is 0. The van der Waals surface area contributed by atoms with Crippen LogP contribution in [0.3, 0.4) is 0 Å². The second-order valence-electron chi connectivity index (χ2n) is 3.59. The predicted molar refractivity (Wildman–Crippen MR) is 57.8 cm³/mol. The van der Waals surface area contributed by atoms with Crippen molar-refractivity contribution in [3.05, 3.63) is 29.8 Å². The molecule has 0 bridgehead atoms. The third-order valence-electron chi connectivity index (χ3n) is 2.31. The Hall–Kier alpha value is -1.69. The number of rotatable bonds is 5. The Labute approximate surface area is 93.5 Å². The minimum absolute atomic E-state index is 0.104. The molecule has 0 spiro atoms. The Balaban J connectivity index is 2.02. The third kappa shape index (κ3) is 2.46. The monoisotopic (exact) mass is 221 g/mol. The molecule has 16 heavy (non-hydrogen) atoms. The zero-order valence-electron chi connectivity index (χ0n) is 9.24. The van der Waals surface area contributed by atoms with E-state index in [-0.39, 0.29) is 6.61 Å². The maximum Gasteiger partial charge on any atom is 0.0850 e. The van der Waals surface area contributed by atoms with E-state index < -0.39 is 0 Å². The van der Waals surface area contributed by atoms with Gasteiger partial charge < -0.3 is 5.11 Å². The molecular formula is C10H15N5O. The Morgan fingerprint density at radius 2 is 2.19 bits per heavy atom. The van der Waals surface area contributed by atoms with Gasteiger partial charge in [-0.2, -0.15) is 5.10 Å². The van der Waals surface area contributed by atoms with Gasteiger partial charge in [0.15, 0.2) is 0 Å². The quantitative estimate of drug-likeness (QED) is 0.776. The molecule has 0 aliphatic carbocycles. The predicted octanol–water partition coefficient (Wildman–Crippen LogP) is 0.0776. The maximum absolute atomic E-state index is 8.76. The summed E-state index contributed by atoms with van der Waals surface area (Å²) in [6, 6.07) is 0. The highest BCUT2D eigenvalue weighted by atomic mass is 16.3. The van der Waals surface area contributed by atoms with Gasteiger partial charge in [-0.1, -0.05) is 5.21 Å². The molecule has 0 saturated heterocycles. The van der Waals surface area contributed by atoms with Crippen molar-refractivity contribution in [1.29, 1.82) is 0 Å². The van der Waals surface area contributed by atoms with Crippen LogP contribution in [0.4, 0.5) is 0 Å². The number of aromatic nitrogens is 5. The van der Waals surface area contributed by atoms with Crippen LogP contribution in [0, 0.1) is 0 Å². The zero-order chi connectivity index (χ0) is 11.4. The summed E-state index contributed by atoms with van der Waals surface area (Å²) in [7, 11) is 0. The van der Waals surface area contributed by atoms with Gasteiger partial charge in [0.2, 0.25) is 0 Å². The van der Waals surface area contributed by atoms with E-state index in [0.29, 0.717) is 13.0 Å². The van der Waals surface area contributed by atoms with E-state index in [1.165, 1.54) is 0 Å². The molecule has 6 heteroatoms. The average molecular weight is 221 g/mol. The van der Waals surface area contributed by atoms with Gasteiger partial charge in [-0.25, -0.2) is 4.68 Å². The molecule has 0 fully saturated rings. The van der Waals surface area contributed by atoms with Crippen LogP contribution in [-0.2, 0) is 19.5 Å². The van der Waals surface area contributed by atoms with Crippen LogP contribution in [-0.4, -0.2) is 36.5 Å². The van der Waals surface area contributed by atoms with Crippen molar-refractivity contribution in [2.75, 3.05) is 6.61 Å². The molecule has 0 saturated carbocycles. The van der Waals surface area contributed by atoms with E-state index in [1.807, 2.05) is 30.2 Å². The lowest BCUT2D eigenvalue weighted by molar-refractivity contribution is 0.298. The lowest BCUT2D eigenvalue weighted by Gasteiger charge is -1.95. The second kappa shape index (κ2) is 4.89. The summed E-state index contributed by atoms with van der Waals surface area (Å²) in [5, 5.41) is 20.9. The zero-order valence-corrected chi connectivity index (χ0v) is 9.24. The van der Waals surface area contributed by atoms with E-state index >= 15 is 0 Å². The van der Waals surface area contributed by atoms with Gasteiger partial charge in [0.1, 0.15) is 0 Å². The third-order valence-corrected chi connectivity index (χ3v) is 2.31. The van der Waals surface area contributed by atoms with Crippen molar-refractivity contribution in [3.63, 3.8) is 0 Å². The Morgan fingerprint density at radius 1 is 1.31 bits per heavy atom. The first kappa shape index (κ1) is 10.8. The minimum Gasteiger partial charge on any atom is -0.396 e. The molecule has 0 aromatic carbocycles. The summed E-state index contributed by atoms with van der Waals surface area (Å²) < 4.78 is 3.63. The normalized spacial score (nSPS) is 10.9. The summed E-state index contributed by atoms with van der Waals surface area (Å²) in [4.78, 5) is 0. The first-order valence-electron chi connectivity index (χ1n) is 5.33. The van der Waals surface area contributed by atoms with Gasteiger partial charge in [-0.15, -0.1) is 5.10 Å². The lowest BCUT2D eigenvalue weighted by Crippen LogP contribution is -1.99. The van der Waals surface area contributed by atoms with Crippen molar-refractivity contribution >= 4 is 0 Å². The van der Waals surface area contributed by atoms with Crippen LogP contribution < -0.4 is 0 Å². The van der Waals surface area contributed by atoms with E-state index in [0.717, 1.165) is 17.8 Å². The number of aryl methyl sites for hydroxylation is 1. The van der Waals surface area contributed by atoms with Gasteiger partial charge in [0.05, 0.1) is 18.4 Å². The fourth-order valence-electron chi connectivity index (χ4n) is 1.49. The smallest absolute Gasteiger partial charge is 0.0850 e. The van der Waals surface area contributed by atoms with Gasteiger partial charge in [0, 0.05) is 37.5 Å². The summed E-state index contributed by atoms with van der Waals surface area (Å²) in [6.45, 7) is 3.68. The number of aliphatic hydroxyl groups is 1. The molecule has 2 aromatic heterocycles. The minimum atomic E-state index is 0.104. The SMILES string of the molecule is CCn1cc(Cn2cc(CCO)nn2)cn1. The molecule has 0 unspecified atom stereocenters. The first-order chi connectivity index (χ1) is 7.81. The molecule has 1 N–H and O–H groups in total. The molecule has 0 amide bonds. The molecule has 0 aliphatic rings. The highest BCUT2D eigenvalue weighted by molar-refractivity contribution is 5.05. The van der Waals surface area contributed by atoms with Crippen molar-refractivity contribution < 1.29 is 5.11 Å². The Morgan fingerprint density at radius 3 is 2.88 bits per heavy atom. The molecule has 0 radical (unpaired) electrons. The van der Waals surface area contributed by atoms with Gasteiger partial charge >= 0.3 is 0 Å². The standard InChI is InChI=1S/C10H15N5O/c1-2-14-6-9(5-11-14)7-15-8-10(3-4-16)12-13-15/h5-6,8,16H,2-4,7H2,1H3. The van der Waals surface area contributed by atoms with E-state index in [4.69, 9.17) is 5.11 Å². The molecule has 2 aromatic rings. The van der Waals surface area contributed by atoms with Crippen molar-refractivity contribution in [2.24, 2.45) is 0 Å². The molecule has 2 heterocycles. The van der Waals surface area contributed by atoms with E-state index in [2.05, 4.69) is 15.4 Å². The highest BCUT2D eigenvalue weighted by Crippen LogP contribution is 2.02. The summed E-state index contributed by atoms with van der Waals surface area (Å²) in [5.74, 6) is 0. The second-order valence-corrected chi connectivity index (χ2v) is 3.59. The van der Waals surface area contributed by atoms with Gasteiger partial charge in [-0.05, 0) is 6.92 Å². The number of hydrogen-bond donors (Lipinski definition) is 1. The lowest BCUT2D eigenvalue weighted by atomic mass is 10.3. The molecule has 0 atom stereocenters. The number of aliphatic hydroxyl groups excluding tert-OH is 1.